The fourth-order valence-corrected chi connectivity index (χ4v) is 5.18. The van der Waals surface area contributed by atoms with Crippen LogP contribution in [0, 0.1) is 0 Å². The highest BCUT2D eigenvalue weighted by Gasteiger charge is 2.33. The molecule has 5 nitrogen and oxygen atoms in total. The van der Waals surface area contributed by atoms with Gasteiger partial charge in [0.1, 0.15) is 16.4 Å². The van der Waals surface area contributed by atoms with E-state index < -0.39 is 17.9 Å². The van der Waals surface area contributed by atoms with Crippen LogP contribution >= 0.6 is 23.6 Å². The van der Waals surface area contributed by atoms with E-state index in [0.717, 1.165) is 29.7 Å². The van der Waals surface area contributed by atoms with Crippen molar-refractivity contribution in [3.63, 3.8) is 0 Å². The fraction of sp³-hybridized carbons (Fsp3) is 0.455. The number of aryl methyl sites for hydroxylation is 1. The van der Waals surface area contributed by atoms with Crippen LogP contribution in [0.3, 0.4) is 0 Å². The van der Waals surface area contributed by atoms with Crippen LogP contribution in [0.25, 0.3) is 0 Å². The molecule has 1 aromatic heterocycles. The second-order valence-electron chi connectivity index (χ2n) is 8.59. The number of esters is 1. The summed E-state index contributed by atoms with van der Waals surface area (Å²) in [5, 5.41) is 6.83. The number of alkyl halides is 3. The van der Waals surface area contributed by atoms with Crippen LogP contribution in [0.5, 0.6) is 5.75 Å². The van der Waals surface area contributed by atoms with Gasteiger partial charge in [-0.2, -0.15) is 0 Å². The fourth-order valence-electron chi connectivity index (χ4n) is 3.54. The van der Waals surface area contributed by atoms with Crippen molar-refractivity contribution in [1.82, 2.24) is 0 Å². The van der Waals surface area contributed by atoms with E-state index in [1.165, 1.54) is 35.6 Å². The van der Waals surface area contributed by atoms with E-state index in [9.17, 15) is 18.0 Å². The zero-order chi connectivity index (χ0) is 23.7. The first-order chi connectivity index (χ1) is 14.8. The molecule has 3 rings (SSSR count). The third-order valence-corrected chi connectivity index (χ3v) is 6.12. The molecule has 1 atom stereocenters. The lowest BCUT2D eigenvalue weighted by molar-refractivity contribution is -0.274. The highest BCUT2D eigenvalue weighted by Crippen LogP contribution is 2.44. The van der Waals surface area contributed by atoms with Crippen molar-refractivity contribution in [2.75, 3.05) is 10.6 Å². The molecule has 1 heterocycles. The van der Waals surface area contributed by atoms with Gasteiger partial charge >= 0.3 is 12.3 Å². The molecule has 32 heavy (non-hydrogen) atoms. The zero-order valence-corrected chi connectivity index (χ0v) is 19.8. The number of thiocarbonyl (C=S) groups is 1. The van der Waals surface area contributed by atoms with E-state index in [1.807, 2.05) is 20.8 Å². The lowest BCUT2D eigenvalue weighted by atomic mass is 9.86. The van der Waals surface area contributed by atoms with Gasteiger partial charge in [-0.05, 0) is 88.0 Å². The van der Waals surface area contributed by atoms with Crippen LogP contribution < -0.4 is 15.4 Å². The summed E-state index contributed by atoms with van der Waals surface area (Å²) in [6.45, 7) is 7.55. The number of benzene rings is 1. The van der Waals surface area contributed by atoms with Gasteiger partial charge in [0.15, 0.2) is 5.11 Å². The largest absolute Gasteiger partial charge is 0.573 e. The van der Waals surface area contributed by atoms with E-state index in [-0.39, 0.29) is 16.8 Å². The maximum atomic E-state index is 13.0. The Morgan fingerprint density at radius 2 is 1.81 bits per heavy atom. The average molecular weight is 487 g/mol. The number of hydrogen-bond acceptors (Lipinski definition) is 5. The number of carbonyl (C=O) groups excluding carboxylic acids is 1. The number of ether oxygens (including phenoxy) is 2. The van der Waals surface area contributed by atoms with E-state index in [0.29, 0.717) is 16.3 Å². The van der Waals surface area contributed by atoms with Crippen molar-refractivity contribution in [1.29, 1.82) is 0 Å². The van der Waals surface area contributed by atoms with Crippen LogP contribution in [0.1, 0.15) is 67.3 Å². The molecular weight excluding hydrogens is 461 g/mol. The Kier molecular flexibility index (Phi) is 7.04. The predicted octanol–water partition coefficient (Wildman–Crippen LogP) is 6.85. The van der Waals surface area contributed by atoms with Gasteiger partial charge in [-0.1, -0.05) is 6.92 Å². The standard InChI is InChI=1S/C22H25F3N2O3S2/c1-12-6-5-7-15-16(12)17(19(28)30-21(2,3)4)18(32-15)27-20(31)26-13-8-10-14(11-9-13)29-22(23,24)25/h8-12H,5-7H2,1-4H3,(H2,26,27,31). The lowest BCUT2D eigenvalue weighted by Crippen LogP contribution is -2.26. The summed E-state index contributed by atoms with van der Waals surface area (Å²) in [5.41, 5.74) is 1.35. The summed E-state index contributed by atoms with van der Waals surface area (Å²) in [4.78, 5) is 14.2. The Labute approximate surface area is 194 Å². The van der Waals surface area contributed by atoms with Crippen molar-refractivity contribution in [2.45, 2.75) is 64.8 Å². The first-order valence-corrected chi connectivity index (χ1v) is 11.4. The second kappa shape index (κ2) is 9.27. The van der Waals surface area contributed by atoms with Gasteiger partial charge in [0.05, 0.1) is 5.56 Å². The van der Waals surface area contributed by atoms with Crippen molar-refractivity contribution in [3.05, 3.63) is 40.3 Å². The Bertz CT molecular complexity index is 996. The molecule has 0 fully saturated rings. The monoisotopic (exact) mass is 486 g/mol. The maximum Gasteiger partial charge on any atom is 0.573 e. The second-order valence-corrected chi connectivity index (χ2v) is 10.1. The number of thiophene rings is 1. The minimum absolute atomic E-state index is 0.213. The molecule has 0 aliphatic heterocycles. The predicted molar refractivity (Wildman–Crippen MR) is 124 cm³/mol. The highest BCUT2D eigenvalue weighted by molar-refractivity contribution is 7.80. The maximum absolute atomic E-state index is 13.0. The van der Waals surface area contributed by atoms with Crippen LogP contribution in [0.4, 0.5) is 23.9 Å². The van der Waals surface area contributed by atoms with E-state index in [4.69, 9.17) is 17.0 Å². The Morgan fingerprint density at radius 1 is 1.16 bits per heavy atom. The lowest BCUT2D eigenvalue weighted by Gasteiger charge is -2.23. The normalized spacial score (nSPS) is 16.2. The molecule has 0 bridgehead atoms. The van der Waals surface area contributed by atoms with Crippen molar-refractivity contribution < 1.29 is 27.4 Å². The van der Waals surface area contributed by atoms with Gasteiger partial charge in [0.2, 0.25) is 0 Å². The van der Waals surface area contributed by atoms with Gasteiger partial charge in [-0.15, -0.1) is 24.5 Å². The third-order valence-electron chi connectivity index (χ3n) is 4.73. The van der Waals surface area contributed by atoms with Crippen LogP contribution in [0.2, 0.25) is 0 Å². The number of nitrogens with one attached hydrogen (secondary N) is 2. The molecule has 1 aliphatic rings. The third kappa shape index (κ3) is 6.35. The molecule has 1 aliphatic carbocycles. The van der Waals surface area contributed by atoms with Crippen LogP contribution in [-0.4, -0.2) is 23.0 Å². The van der Waals surface area contributed by atoms with Gasteiger partial charge in [-0.3, -0.25) is 0 Å². The molecule has 2 aromatic rings. The minimum Gasteiger partial charge on any atom is -0.456 e. The molecule has 174 valence electrons. The molecular formula is C22H25F3N2O3S2. The van der Waals surface area contributed by atoms with Crippen LogP contribution in [-0.2, 0) is 11.2 Å². The first kappa shape index (κ1) is 24.3. The minimum atomic E-state index is -4.75. The Hall–Kier alpha value is -2.33. The van der Waals surface area contributed by atoms with Crippen molar-refractivity contribution >= 4 is 45.3 Å². The molecule has 2 N–H and O–H groups in total. The number of rotatable bonds is 4. The summed E-state index contributed by atoms with van der Waals surface area (Å²) in [6, 6.07) is 5.23. The number of anilines is 2. The van der Waals surface area contributed by atoms with E-state index >= 15 is 0 Å². The van der Waals surface area contributed by atoms with Crippen molar-refractivity contribution in [2.24, 2.45) is 0 Å². The number of carbonyl (C=O) groups is 1. The zero-order valence-electron chi connectivity index (χ0n) is 18.2. The van der Waals surface area contributed by atoms with Gasteiger partial charge in [-0.25, -0.2) is 4.79 Å². The Morgan fingerprint density at radius 3 is 2.41 bits per heavy atom. The van der Waals surface area contributed by atoms with Gasteiger partial charge in [0.25, 0.3) is 0 Å². The summed E-state index contributed by atoms with van der Waals surface area (Å²) < 4.78 is 46.5. The number of fused-ring (bicyclic) bond motifs is 1. The Balaban J connectivity index is 1.79. The molecule has 0 saturated heterocycles. The number of halogens is 3. The molecule has 0 amide bonds. The highest BCUT2D eigenvalue weighted by atomic mass is 32.1. The molecule has 0 radical (unpaired) electrons. The SMILES string of the molecule is CC1CCCc2sc(NC(=S)Nc3ccc(OC(F)(F)F)cc3)c(C(=O)OC(C)(C)C)c21. The van der Waals surface area contributed by atoms with Gasteiger partial charge < -0.3 is 20.1 Å². The van der Waals surface area contributed by atoms with E-state index in [1.54, 1.807) is 0 Å². The molecule has 1 aromatic carbocycles. The molecule has 0 spiro atoms. The first-order valence-electron chi connectivity index (χ1n) is 10.1. The summed E-state index contributed by atoms with van der Waals surface area (Å²) in [5.74, 6) is -0.493. The average Bonchev–Trinajstić information content (AvgIpc) is 3.00. The summed E-state index contributed by atoms with van der Waals surface area (Å²) in [7, 11) is 0. The topological polar surface area (TPSA) is 59.6 Å². The molecule has 10 heteroatoms. The summed E-state index contributed by atoms with van der Waals surface area (Å²) in [6.07, 6.45) is -1.81. The summed E-state index contributed by atoms with van der Waals surface area (Å²) >= 11 is 6.87. The smallest absolute Gasteiger partial charge is 0.456 e. The molecule has 1 unspecified atom stereocenters. The number of hydrogen-bond donors (Lipinski definition) is 2. The van der Waals surface area contributed by atoms with E-state index in [2.05, 4.69) is 22.3 Å². The van der Waals surface area contributed by atoms with Gasteiger partial charge in [0, 0.05) is 10.6 Å². The van der Waals surface area contributed by atoms with Crippen LogP contribution in [0.15, 0.2) is 24.3 Å². The van der Waals surface area contributed by atoms with Crippen molar-refractivity contribution in [3.8, 4) is 5.75 Å². The molecule has 0 saturated carbocycles. The quantitative estimate of drug-likeness (QED) is 0.364.